The maximum Gasteiger partial charge on any atom is 0.0540 e. The van der Waals surface area contributed by atoms with Gasteiger partial charge in [0, 0.05) is 34.0 Å². The van der Waals surface area contributed by atoms with E-state index in [2.05, 4.69) is 265 Å². The molecule has 1 aliphatic carbocycles. The van der Waals surface area contributed by atoms with Crippen LogP contribution in [0.2, 0.25) is 0 Å². The molecule has 0 aliphatic heterocycles. The van der Waals surface area contributed by atoms with Crippen LogP contribution in [0.5, 0.6) is 0 Å². The maximum absolute atomic E-state index is 3.09. The first-order chi connectivity index (χ1) is 31.3. The van der Waals surface area contributed by atoms with Crippen molar-refractivity contribution in [1.29, 1.82) is 0 Å². The number of para-hydroxylation sites is 3. The van der Waals surface area contributed by atoms with Crippen LogP contribution in [0.4, 0.5) is 34.1 Å². The molecule has 2 nitrogen and oxygen atoms in total. The predicted octanol–water partition coefficient (Wildman–Crippen LogP) is 16.8. The highest BCUT2D eigenvalue weighted by Crippen LogP contribution is 2.44. The van der Waals surface area contributed by atoms with Crippen molar-refractivity contribution in [2.45, 2.75) is 6.42 Å². The highest BCUT2D eigenvalue weighted by atomic mass is 15.1. The monoisotopic (exact) mass is 804 g/mol. The Morgan fingerprint density at radius 3 is 1.52 bits per heavy atom. The number of benzene rings is 8. The lowest BCUT2D eigenvalue weighted by Crippen LogP contribution is -2.11. The third-order valence-corrected chi connectivity index (χ3v) is 11.6. The lowest BCUT2D eigenvalue weighted by Gasteiger charge is -2.28. The summed E-state index contributed by atoms with van der Waals surface area (Å²) in [5, 5.41) is 0. The van der Waals surface area contributed by atoms with Gasteiger partial charge in [0.25, 0.3) is 0 Å². The molecule has 0 N–H and O–H groups in total. The molecular weight excluding hydrogens is 761 g/mol. The van der Waals surface area contributed by atoms with Gasteiger partial charge in [-0.05, 0) is 141 Å². The van der Waals surface area contributed by atoms with Crippen LogP contribution in [0, 0.1) is 12.1 Å². The third kappa shape index (κ3) is 8.37. The average Bonchev–Trinajstić information content (AvgIpc) is 3.66. The first-order valence-electron chi connectivity index (χ1n) is 21.5. The average molecular weight is 805 g/mol. The van der Waals surface area contributed by atoms with Crippen molar-refractivity contribution in [3.05, 3.63) is 273 Å². The van der Waals surface area contributed by atoms with Crippen LogP contribution >= 0.6 is 0 Å². The van der Waals surface area contributed by atoms with E-state index in [-0.39, 0.29) is 0 Å². The van der Waals surface area contributed by atoms with Crippen LogP contribution < -0.4 is 9.80 Å². The van der Waals surface area contributed by atoms with Gasteiger partial charge in [-0.1, -0.05) is 182 Å². The van der Waals surface area contributed by atoms with Crippen molar-refractivity contribution in [1.82, 2.24) is 0 Å². The second kappa shape index (κ2) is 18.1. The molecule has 1 aliphatic rings. The van der Waals surface area contributed by atoms with Gasteiger partial charge in [-0.3, -0.25) is 0 Å². The van der Waals surface area contributed by atoms with Crippen LogP contribution in [-0.4, -0.2) is 0 Å². The molecule has 2 heteroatoms. The van der Waals surface area contributed by atoms with Crippen LogP contribution in [0.15, 0.2) is 255 Å². The van der Waals surface area contributed by atoms with Crippen molar-refractivity contribution >= 4 is 39.7 Å². The topological polar surface area (TPSA) is 6.48 Å². The summed E-state index contributed by atoms with van der Waals surface area (Å²) in [5.41, 5.74) is 18.4. The molecule has 0 spiro atoms. The van der Waals surface area contributed by atoms with Gasteiger partial charge in [-0.2, -0.15) is 0 Å². The van der Waals surface area contributed by atoms with E-state index in [1.165, 1.54) is 33.4 Å². The van der Waals surface area contributed by atoms with Gasteiger partial charge >= 0.3 is 0 Å². The molecule has 0 aromatic heterocycles. The Balaban J connectivity index is 1.03. The van der Waals surface area contributed by atoms with Gasteiger partial charge in [0.15, 0.2) is 0 Å². The molecule has 0 atom stereocenters. The number of anilines is 6. The zero-order chi connectivity index (χ0) is 42.2. The van der Waals surface area contributed by atoms with E-state index in [4.69, 9.17) is 0 Å². The standard InChI is InChI=1S/C61H44N2/c1-2-8-24-50(23-7-1)60-45-57(62(53-25-13-5-14-26-53)55-39-35-48(36-40-55)46-19-9-3-10-20-46)43-44-58(60)51-31-33-52(34-32-51)59-29-17-18-30-61(59)63(54-27-15-6-16-28-54)56-41-37-49(38-42-56)47-21-11-4-12-22-47/h1-3,5-11,13-23,25-45H,24H2. The highest BCUT2D eigenvalue weighted by molar-refractivity contribution is 5.91. The second-order valence-corrected chi connectivity index (χ2v) is 15.6. The summed E-state index contributed by atoms with van der Waals surface area (Å²) in [5.74, 6) is 0. The second-order valence-electron chi connectivity index (χ2n) is 15.6. The first-order valence-corrected chi connectivity index (χ1v) is 21.5. The molecule has 0 saturated carbocycles. The number of nitrogens with zero attached hydrogens (tertiary/aromatic N) is 2. The molecular formula is C61H44N2. The van der Waals surface area contributed by atoms with E-state index < -0.39 is 0 Å². The zero-order valence-electron chi connectivity index (χ0n) is 34.9. The van der Waals surface area contributed by atoms with E-state index in [1.807, 2.05) is 12.1 Å². The normalized spacial score (nSPS) is 11.9. The van der Waals surface area contributed by atoms with Gasteiger partial charge in [0.05, 0.1) is 5.69 Å². The molecule has 0 fully saturated rings. The van der Waals surface area contributed by atoms with Crippen molar-refractivity contribution in [3.63, 3.8) is 0 Å². The number of allylic oxidation sites excluding steroid dienone is 6. The summed E-state index contributed by atoms with van der Waals surface area (Å²) >= 11 is 0. The molecule has 0 saturated heterocycles. The third-order valence-electron chi connectivity index (χ3n) is 11.6. The summed E-state index contributed by atoms with van der Waals surface area (Å²) in [4.78, 5) is 4.71. The van der Waals surface area contributed by atoms with Crippen molar-refractivity contribution in [2.24, 2.45) is 0 Å². The van der Waals surface area contributed by atoms with E-state index in [0.29, 0.717) is 0 Å². The smallest absolute Gasteiger partial charge is 0.0540 e. The van der Waals surface area contributed by atoms with E-state index >= 15 is 0 Å². The number of hydrogen-bond donors (Lipinski definition) is 0. The molecule has 0 bridgehead atoms. The zero-order valence-corrected chi connectivity index (χ0v) is 34.9. The van der Waals surface area contributed by atoms with Gasteiger partial charge in [-0.25, -0.2) is 0 Å². The summed E-state index contributed by atoms with van der Waals surface area (Å²) in [6.45, 7) is 0. The Morgan fingerprint density at radius 1 is 0.333 bits per heavy atom. The molecule has 10 rings (SSSR count). The fraction of sp³-hybridized carbons (Fsp3) is 0.0164. The van der Waals surface area contributed by atoms with Gasteiger partial charge < -0.3 is 9.80 Å². The van der Waals surface area contributed by atoms with Crippen molar-refractivity contribution in [2.75, 3.05) is 9.80 Å². The Labute approximate surface area is 371 Å². The minimum absolute atomic E-state index is 0.838. The lowest BCUT2D eigenvalue weighted by atomic mass is 9.90. The molecule has 0 heterocycles. The summed E-state index contributed by atoms with van der Waals surface area (Å²) in [6, 6.07) is 86.3. The van der Waals surface area contributed by atoms with Crippen LogP contribution in [0.25, 0.3) is 50.1 Å². The molecule has 63 heavy (non-hydrogen) atoms. The summed E-state index contributed by atoms with van der Waals surface area (Å²) in [6.07, 6.45) is 11.7. The molecule has 298 valence electrons. The molecule has 0 unspecified atom stereocenters. The van der Waals surface area contributed by atoms with Gasteiger partial charge in [-0.15, -0.1) is 0 Å². The SMILES string of the molecule is c1ccc(-c2ccc(N(c3ccccc3)c3ccccc3-c3ccc(-c4ccc(N(c5ccccc5)c5ccc(-c6ccccc6)cc5)cc4C4=CC=CC=CC4)cc3)cc2)cc#1. The van der Waals surface area contributed by atoms with E-state index in [1.54, 1.807) is 0 Å². The minimum atomic E-state index is 0.838. The maximum atomic E-state index is 3.09. The first kappa shape index (κ1) is 38.8. The van der Waals surface area contributed by atoms with Crippen LogP contribution in [-0.2, 0) is 0 Å². The van der Waals surface area contributed by atoms with Gasteiger partial charge in [0.1, 0.15) is 0 Å². The molecule has 9 aromatic rings. The largest absolute Gasteiger partial charge is 0.310 e. The van der Waals surface area contributed by atoms with E-state index in [0.717, 1.165) is 62.8 Å². The minimum Gasteiger partial charge on any atom is -0.310 e. The van der Waals surface area contributed by atoms with E-state index in [9.17, 15) is 0 Å². The summed E-state index contributed by atoms with van der Waals surface area (Å²) in [7, 11) is 0. The number of rotatable bonds is 11. The fourth-order valence-corrected chi connectivity index (χ4v) is 8.50. The Morgan fingerprint density at radius 2 is 0.857 bits per heavy atom. The quantitative estimate of drug-likeness (QED) is 0.128. The van der Waals surface area contributed by atoms with Crippen LogP contribution in [0.1, 0.15) is 12.0 Å². The molecule has 0 radical (unpaired) electrons. The van der Waals surface area contributed by atoms with Crippen LogP contribution in [0.3, 0.4) is 0 Å². The number of hydrogen-bond acceptors (Lipinski definition) is 2. The molecule has 9 aromatic carbocycles. The Bertz CT molecular complexity index is 3020. The Kier molecular flexibility index (Phi) is 11.1. The molecule has 0 amide bonds. The van der Waals surface area contributed by atoms with Gasteiger partial charge in [0.2, 0.25) is 0 Å². The van der Waals surface area contributed by atoms with Crippen molar-refractivity contribution < 1.29 is 0 Å². The highest BCUT2D eigenvalue weighted by Gasteiger charge is 2.20. The lowest BCUT2D eigenvalue weighted by molar-refractivity contribution is 1.27. The summed E-state index contributed by atoms with van der Waals surface area (Å²) < 4.78 is 0. The Hall–Kier alpha value is -8.38. The van der Waals surface area contributed by atoms with Crippen molar-refractivity contribution in [3.8, 4) is 44.5 Å². The fourth-order valence-electron chi connectivity index (χ4n) is 8.50. The predicted molar refractivity (Wildman–Crippen MR) is 266 cm³/mol.